The van der Waals surface area contributed by atoms with Crippen molar-refractivity contribution in [2.45, 2.75) is 32.2 Å². The van der Waals surface area contributed by atoms with Crippen LogP contribution in [0.1, 0.15) is 30.7 Å². The van der Waals surface area contributed by atoms with Crippen molar-refractivity contribution < 1.29 is 14.3 Å². The number of ether oxygens (including phenoxy) is 2. The zero-order chi connectivity index (χ0) is 21.9. The van der Waals surface area contributed by atoms with Crippen LogP contribution < -0.4 is 14.8 Å². The third kappa shape index (κ3) is 3.93. The van der Waals surface area contributed by atoms with Gasteiger partial charge in [0.2, 0.25) is 6.79 Å². The van der Waals surface area contributed by atoms with Crippen molar-refractivity contribution in [3.63, 3.8) is 0 Å². The molecule has 0 bridgehead atoms. The number of hydrogen-bond acceptors (Lipinski definition) is 6. The van der Waals surface area contributed by atoms with E-state index in [1.54, 1.807) is 30.3 Å². The van der Waals surface area contributed by atoms with E-state index in [0.717, 1.165) is 43.0 Å². The molecule has 1 N–H and O–H groups in total. The van der Waals surface area contributed by atoms with Crippen LogP contribution in [0, 0.1) is 11.3 Å². The average Bonchev–Trinajstić information content (AvgIpc) is 3.38. The molecular formula is C24H21N5O3. The largest absolute Gasteiger partial charge is 0.454 e. The Labute approximate surface area is 185 Å². The quantitative estimate of drug-likeness (QED) is 0.500. The third-order valence-corrected chi connectivity index (χ3v) is 5.58. The van der Waals surface area contributed by atoms with Crippen LogP contribution in [0.15, 0.2) is 48.0 Å². The molecule has 8 nitrogen and oxygen atoms in total. The topological polar surface area (TPSA) is 102 Å². The summed E-state index contributed by atoms with van der Waals surface area (Å²) < 4.78 is 12.8. The number of benzene rings is 2. The van der Waals surface area contributed by atoms with Crippen molar-refractivity contribution in [3.8, 4) is 29.0 Å². The van der Waals surface area contributed by atoms with E-state index in [2.05, 4.69) is 20.1 Å². The molecule has 0 radical (unpaired) electrons. The Balaban J connectivity index is 1.31. The number of carbonyl (C=O) groups is 1. The van der Waals surface area contributed by atoms with Gasteiger partial charge in [-0.15, -0.1) is 10.2 Å². The van der Waals surface area contributed by atoms with Crippen molar-refractivity contribution >= 4 is 17.7 Å². The highest BCUT2D eigenvalue weighted by Gasteiger charge is 2.17. The Morgan fingerprint density at radius 1 is 1.06 bits per heavy atom. The molecule has 0 saturated heterocycles. The molecule has 2 aliphatic heterocycles. The lowest BCUT2D eigenvalue weighted by Gasteiger charge is -2.08. The highest BCUT2D eigenvalue weighted by Crippen LogP contribution is 2.33. The third-order valence-electron chi connectivity index (χ3n) is 5.58. The van der Waals surface area contributed by atoms with E-state index in [9.17, 15) is 10.1 Å². The first-order chi connectivity index (χ1) is 15.7. The average molecular weight is 427 g/mol. The molecule has 0 spiro atoms. The summed E-state index contributed by atoms with van der Waals surface area (Å²) in [5, 5.41) is 21.0. The number of anilines is 1. The van der Waals surface area contributed by atoms with Gasteiger partial charge in [-0.3, -0.25) is 4.79 Å². The van der Waals surface area contributed by atoms with Crippen LogP contribution in [0.4, 0.5) is 5.69 Å². The fourth-order valence-corrected chi connectivity index (χ4v) is 3.92. The SMILES string of the molecule is N#C/C(=C\c1ccc2c(c1)OCO2)C(=O)Nc1ccc(-c2nnc3n2CCCCC3)cc1. The van der Waals surface area contributed by atoms with Gasteiger partial charge in [-0.05, 0) is 60.9 Å². The molecule has 8 heteroatoms. The Bertz CT molecular complexity index is 1240. The molecule has 160 valence electrons. The minimum atomic E-state index is -0.478. The van der Waals surface area contributed by atoms with E-state index in [0.29, 0.717) is 22.7 Å². The summed E-state index contributed by atoms with van der Waals surface area (Å²) in [7, 11) is 0. The second-order valence-electron chi connectivity index (χ2n) is 7.72. The number of amides is 1. The number of nitriles is 1. The van der Waals surface area contributed by atoms with Gasteiger partial charge in [-0.25, -0.2) is 0 Å². The molecule has 2 aromatic carbocycles. The molecule has 1 amide bonds. The summed E-state index contributed by atoms with van der Waals surface area (Å²) in [4.78, 5) is 12.6. The van der Waals surface area contributed by atoms with Crippen LogP contribution >= 0.6 is 0 Å². The maximum Gasteiger partial charge on any atom is 0.266 e. The summed E-state index contributed by atoms with van der Waals surface area (Å²) in [5.41, 5.74) is 2.22. The van der Waals surface area contributed by atoms with Gasteiger partial charge in [0.25, 0.3) is 5.91 Å². The molecule has 0 aliphatic carbocycles. The Kier molecular flexibility index (Phi) is 5.30. The Morgan fingerprint density at radius 3 is 2.75 bits per heavy atom. The molecule has 32 heavy (non-hydrogen) atoms. The van der Waals surface area contributed by atoms with Crippen LogP contribution in [0.3, 0.4) is 0 Å². The second kappa shape index (κ2) is 8.55. The van der Waals surface area contributed by atoms with Crippen molar-refractivity contribution in [1.82, 2.24) is 14.8 Å². The molecule has 0 fully saturated rings. The van der Waals surface area contributed by atoms with Gasteiger partial charge in [0, 0.05) is 24.2 Å². The number of aryl methyl sites for hydroxylation is 1. The van der Waals surface area contributed by atoms with E-state index in [1.807, 2.05) is 18.2 Å². The maximum absolute atomic E-state index is 12.6. The van der Waals surface area contributed by atoms with E-state index < -0.39 is 5.91 Å². The first-order valence-electron chi connectivity index (χ1n) is 10.6. The first kappa shape index (κ1) is 19.8. The minimum Gasteiger partial charge on any atom is -0.454 e. The van der Waals surface area contributed by atoms with Crippen molar-refractivity contribution in [1.29, 1.82) is 5.26 Å². The van der Waals surface area contributed by atoms with Gasteiger partial charge in [0.15, 0.2) is 17.3 Å². The molecule has 3 heterocycles. The van der Waals surface area contributed by atoms with Gasteiger partial charge < -0.3 is 19.4 Å². The minimum absolute atomic E-state index is 0.00396. The summed E-state index contributed by atoms with van der Waals surface area (Å²) >= 11 is 0. The molecule has 5 rings (SSSR count). The number of carbonyl (C=O) groups excluding carboxylic acids is 1. The molecule has 0 unspecified atom stereocenters. The number of nitrogens with one attached hydrogen (secondary N) is 1. The monoisotopic (exact) mass is 427 g/mol. The zero-order valence-electron chi connectivity index (χ0n) is 17.4. The van der Waals surface area contributed by atoms with Crippen LogP contribution in [-0.2, 0) is 17.8 Å². The second-order valence-corrected chi connectivity index (χ2v) is 7.72. The van der Waals surface area contributed by atoms with Gasteiger partial charge in [0.05, 0.1) is 0 Å². The fourth-order valence-electron chi connectivity index (χ4n) is 3.92. The Hall–Kier alpha value is -4.12. The van der Waals surface area contributed by atoms with Crippen molar-refractivity contribution in [2.24, 2.45) is 0 Å². The predicted octanol–water partition coefficient (Wildman–Crippen LogP) is 3.95. The van der Waals surface area contributed by atoms with Crippen LogP contribution in [0.25, 0.3) is 17.5 Å². The summed E-state index contributed by atoms with van der Waals surface area (Å²) in [6.07, 6.45) is 5.95. The van der Waals surface area contributed by atoms with Gasteiger partial charge in [-0.2, -0.15) is 5.26 Å². The molecule has 1 aromatic heterocycles. The standard InChI is InChI=1S/C24H21N5O3/c25-14-18(12-16-5-10-20-21(13-16)32-15-31-20)24(30)26-19-8-6-17(7-9-19)23-28-27-22-4-2-1-3-11-29(22)23/h5-10,12-13H,1-4,11,15H2,(H,26,30)/b18-12+. The molecule has 2 aliphatic rings. The summed E-state index contributed by atoms with van der Waals surface area (Å²) in [6, 6.07) is 14.7. The van der Waals surface area contributed by atoms with Gasteiger partial charge >= 0.3 is 0 Å². The van der Waals surface area contributed by atoms with E-state index in [-0.39, 0.29) is 12.4 Å². The van der Waals surface area contributed by atoms with Crippen LogP contribution in [-0.4, -0.2) is 27.5 Å². The number of rotatable bonds is 4. The lowest BCUT2D eigenvalue weighted by Crippen LogP contribution is -2.13. The summed E-state index contributed by atoms with van der Waals surface area (Å²) in [6.45, 7) is 1.09. The number of hydrogen-bond donors (Lipinski definition) is 1. The number of aromatic nitrogens is 3. The smallest absolute Gasteiger partial charge is 0.266 e. The van der Waals surface area contributed by atoms with Gasteiger partial charge in [-0.1, -0.05) is 12.5 Å². The fraction of sp³-hybridized carbons (Fsp3) is 0.250. The zero-order valence-corrected chi connectivity index (χ0v) is 17.4. The van der Waals surface area contributed by atoms with Crippen molar-refractivity contribution in [2.75, 3.05) is 12.1 Å². The normalized spacial score (nSPS) is 14.9. The van der Waals surface area contributed by atoms with Crippen molar-refractivity contribution in [3.05, 3.63) is 59.4 Å². The first-order valence-corrected chi connectivity index (χ1v) is 10.6. The lowest BCUT2D eigenvalue weighted by molar-refractivity contribution is -0.112. The maximum atomic E-state index is 12.6. The number of nitrogens with zero attached hydrogens (tertiary/aromatic N) is 4. The van der Waals surface area contributed by atoms with Gasteiger partial charge in [0.1, 0.15) is 17.5 Å². The van der Waals surface area contributed by atoms with E-state index >= 15 is 0 Å². The molecule has 3 aromatic rings. The molecular weight excluding hydrogens is 406 g/mol. The Morgan fingerprint density at radius 2 is 1.91 bits per heavy atom. The number of fused-ring (bicyclic) bond motifs is 2. The van der Waals surface area contributed by atoms with E-state index in [4.69, 9.17) is 9.47 Å². The van der Waals surface area contributed by atoms with Crippen LogP contribution in [0.2, 0.25) is 0 Å². The lowest BCUT2D eigenvalue weighted by atomic mass is 10.1. The molecule has 0 saturated carbocycles. The highest BCUT2D eigenvalue weighted by atomic mass is 16.7. The van der Waals surface area contributed by atoms with Crippen LogP contribution in [0.5, 0.6) is 11.5 Å². The predicted molar refractivity (Wildman–Crippen MR) is 118 cm³/mol. The molecule has 0 atom stereocenters. The van der Waals surface area contributed by atoms with E-state index in [1.165, 1.54) is 12.5 Å². The highest BCUT2D eigenvalue weighted by molar-refractivity contribution is 6.09. The summed E-state index contributed by atoms with van der Waals surface area (Å²) in [5.74, 6) is 2.64.